The van der Waals surface area contributed by atoms with Crippen molar-refractivity contribution in [2.24, 2.45) is 0 Å². The predicted octanol–water partition coefficient (Wildman–Crippen LogP) is 3.58. The van der Waals surface area contributed by atoms with Gasteiger partial charge in [-0.05, 0) is 50.3 Å². The van der Waals surface area contributed by atoms with Crippen LogP contribution in [0.2, 0.25) is 0 Å². The molecule has 0 bridgehead atoms. The first-order chi connectivity index (χ1) is 11.6. The second kappa shape index (κ2) is 7.52. The fourth-order valence-corrected chi connectivity index (χ4v) is 3.45. The Morgan fingerprint density at radius 1 is 1.17 bits per heavy atom. The summed E-state index contributed by atoms with van der Waals surface area (Å²) in [6, 6.07) is 19.4. The Hall–Kier alpha value is -2.29. The number of aryl methyl sites for hydroxylation is 1. The first kappa shape index (κ1) is 16.6. The summed E-state index contributed by atoms with van der Waals surface area (Å²) in [5, 5.41) is 3.15. The van der Waals surface area contributed by atoms with Gasteiger partial charge >= 0.3 is 0 Å². The number of carbonyl (C=O) groups is 1. The highest BCUT2D eigenvalue weighted by atomic mass is 16.2. The van der Waals surface area contributed by atoms with E-state index in [0.29, 0.717) is 12.6 Å². The van der Waals surface area contributed by atoms with Crippen LogP contribution in [-0.4, -0.2) is 24.5 Å². The van der Waals surface area contributed by atoms with Crippen LogP contribution in [0.25, 0.3) is 0 Å². The Morgan fingerprint density at radius 2 is 1.88 bits per heavy atom. The monoisotopic (exact) mass is 322 g/mol. The molecule has 1 aliphatic rings. The SMILES string of the molecule is C[C@@H](CCc1ccccc1)NC(=O)CN1c2ccccc2C[C@@H]1C. The largest absolute Gasteiger partial charge is 0.359 e. The summed E-state index contributed by atoms with van der Waals surface area (Å²) in [7, 11) is 0. The molecule has 0 saturated heterocycles. The second-order valence-corrected chi connectivity index (χ2v) is 6.80. The molecule has 0 saturated carbocycles. The van der Waals surface area contributed by atoms with Crippen molar-refractivity contribution >= 4 is 11.6 Å². The molecular weight excluding hydrogens is 296 g/mol. The van der Waals surface area contributed by atoms with Crippen LogP contribution < -0.4 is 10.2 Å². The van der Waals surface area contributed by atoms with Crippen molar-refractivity contribution < 1.29 is 4.79 Å². The number of nitrogens with one attached hydrogen (secondary N) is 1. The first-order valence-corrected chi connectivity index (χ1v) is 8.81. The molecule has 0 aromatic heterocycles. The number of amides is 1. The van der Waals surface area contributed by atoms with E-state index < -0.39 is 0 Å². The lowest BCUT2D eigenvalue weighted by Gasteiger charge is -2.25. The fourth-order valence-electron chi connectivity index (χ4n) is 3.45. The lowest BCUT2D eigenvalue weighted by molar-refractivity contribution is -0.120. The van der Waals surface area contributed by atoms with Crippen molar-refractivity contribution in [3.63, 3.8) is 0 Å². The summed E-state index contributed by atoms with van der Waals surface area (Å²) in [5.41, 5.74) is 3.87. The van der Waals surface area contributed by atoms with Crippen molar-refractivity contribution in [2.45, 2.75) is 45.2 Å². The molecule has 2 aromatic rings. The number of benzene rings is 2. The molecule has 1 heterocycles. The van der Waals surface area contributed by atoms with Gasteiger partial charge in [-0.3, -0.25) is 4.79 Å². The molecule has 0 fully saturated rings. The molecule has 24 heavy (non-hydrogen) atoms. The van der Waals surface area contributed by atoms with Gasteiger partial charge in [0.15, 0.2) is 0 Å². The molecule has 1 N–H and O–H groups in total. The second-order valence-electron chi connectivity index (χ2n) is 6.80. The van der Waals surface area contributed by atoms with E-state index in [0.717, 1.165) is 19.3 Å². The van der Waals surface area contributed by atoms with Gasteiger partial charge in [-0.1, -0.05) is 48.5 Å². The van der Waals surface area contributed by atoms with Gasteiger partial charge in [0.1, 0.15) is 0 Å². The smallest absolute Gasteiger partial charge is 0.239 e. The third kappa shape index (κ3) is 3.97. The molecule has 3 heteroatoms. The van der Waals surface area contributed by atoms with E-state index in [-0.39, 0.29) is 11.9 Å². The third-order valence-electron chi connectivity index (χ3n) is 4.78. The highest BCUT2D eigenvalue weighted by Gasteiger charge is 2.27. The van der Waals surface area contributed by atoms with E-state index in [4.69, 9.17) is 0 Å². The van der Waals surface area contributed by atoms with Crippen molar-refractivity contribution in [2.75, 3.05) is 11.4 Å². The van der Waals surface area contributed by atoms with Crippen LogP contribution in [0.15, 0.2) is 54.6 Å². The maximum absolute atomic E-state index is 12.4. The minimum Gasteiger partial charge on any atom is -0.359 e. The topological polar surface area (TPSA) is 32.3 Å². The zero-order chi connectivity index (χ0) is 16.9. The first-order valence-electron chi connectivity index (χ1n) is 8.81. The van der Waals surface area contributed by atoms with Crippen molar-refractivity contribution in [1.29, 1.82) is 0 Å². The molecule has 0 unspecified atom stereocenters. The average Bonchev–Trinajstić information content (AvgIpc) is 2.90. The maximum atomic E-state index is 12.4. The van der Waals surface area contributed by atoms with Crippen LogP contribution in [0.3, 0.4) is 0 Å². The van der Waals surface area contributed by atoms with Crippen LogP contribution in [-0.2, 0) is 17.6 Å². The number of para-hydroxylation sites is 1. The van der Waals surface area contributed by atoms with E-state index in [1.165, 1.54) is 16.8 Å². The number of fused-ring (bicyclic) bond motifs is 1. The van der Waals surface area contributed by atoms with Gasteiger partial charge in [0.2, 0.25) is 5.91 Å². The number of carbonyl (C=O) groups excluding carboxylic acids is 1. The summed E-state index contributed by atoms with van der Waals surface area (Å²) < 4.78 is 0. The number of nitrogens with zero attached hydrogens (tertiary/aromatic N) is 1. The van der Waals surface area contributed by atoms with E-state index in [1.54, 1.807) is 0 Å². The van der Waals surface area contributed by atoms with E-state index >= 15 is 0 Å². The Kier molecular flexibility index (Phi) is 5.19. The van der Waals surface area contributed by atoms with Crippen LogP contribution in [0.4, 0.5) is 5.69 Å². The molecule has 0 spiro atoms. The van der Waals surface area contributed by atoms with Crippen molar-refractivity contribution in [3.8, 4) is 0 Å². The lowest BCUT2D eigenvalue weighted by Crippen LogP contribution is -2.43. The molecule has 0 aliphatic carbocycles. The van der Waals surface area contributed by atoms with Crippen LogP contribution >= 0.6 is 0 Å². The number of hydrogen-bond acceptors (Lipinski definition) is 2. The van der Waals surface area contributed by atoms with Crippen LogP contribution in [0.1, 0.15) is 31.4 Å². The van der Waals surface area contributed by atoms with Gasteiger partial charge in [0, 0.05) is 17.8 Å². The zero-order valence-electron chi connectivity index (χ0n) is 14.5. The van der Waals surface area contributed by atoms with E-state index in [1.807, 2.05) is 12.1 Å². The lowest BCUT2D eigenvalue weighted by atomic mass is 10.1. The molecule has 3 nitrogen and oxygen atoms in total. The highest BCUT2D eigenvalue weighted by molar-refractivity contribution is 5.82. The zero-order valence-corrected chi connectivity index (χ0v) is 14.5. The molecule has 1 amide bonds. The summed E-state index contributed by atoms with van der Waals surface area (Å²) in [6.45, 7) is 4.71. The maximum Gasteiger partial charge on any atom is 0.239 e. The summed E-state index contributed by atoms with van der Waals surface area (Å²) >= 11 is 0. The van der Waals surface area contributed by atoms with Gasteiger partial charge in [-0.25, -0.2) is 0 Å². The van der Waals surface area contributed by atoms with Crippen LogP contribution in [0, 0.1) is 0 Å². The molecule has 0 radical (unpaired) electrons. The van der Waals surface area contributed by atoms with Crippen LogP contribution in [0.5, 0.6) is 0 Å². The Labute approximate surface area is 144 Å². The Morgan fingerprint density at radius 3 is 2.67 bits per heavy atom. The summed E-state index contributed by atoms with van der Waals surface area (Å²) in [4.78, 5) is 14.6. The van der Waals surface area contributed by atoms with Gasteiger partial charge in [0.25, 0.3) is 0 Å². The number of anilines is 1. The Bertz CT molecular complexity index is 683. The number of rotatable bonds is 6. The minimum atomic E-state index is 0.110. The van der Waals surface area contributed by atoms with Gasteiger partial charge in [0.05, 0.1) is 6.54 Å². The Balaban J connectivity index is 1.50. The van der Waals surface area contributed by atoms with E-state index in [9.17, 15) is 4.79 Å². The van der Waals surface area contributed by atoms with Crippen molar-refractivity contribution in [1.82, 2.24) is 5.32 Å². The fraction of sp³-hybridized carbons (Fsp3) is 0.381. The van der Waals surface area contributed by atoms with Gasteiger partial charge in [-0.2, -0.15) is 0 Å². The molecule has 2 atom stereocenters. The predicted molar refractivity (Wildman–Crippen MR) is 99.3 cm³/mol. The quantitative estimate of drug-likeness (QED) is 0.882. The summed E-state index contributed by atoms with van der Waals surface area (Å²) in [6.07, 6.45) is 2.97. The van der Waals surface area contributed by atoms with Gasteiger partial charge < -0.3 is 10.2 Å². The van der Waals surface area contributed by atoms with E-state index in [2.05, 4.69) is 66.5 Å². The normalized spacial score (nSPS) is 17.4. The van der Waals surface area contributed by atoms with Gasteiger partial charge in [-0.15, -0.1) is 0 Å². The number of hydrogen-bond donors (Lipinski definition) is 1. The minimum absolute atomic E-state index is 0.110. The highest BCUT2D eigenvalue weighted by Crippen LogP contribution is 2.31. The molecule has 2 aromatic carbocycles. The third-order valence-corrected chi connectivity index (χ3v) is 4.78. The van der Waals surface area contributed by atoms with Crippen molar-refractivity contribution in [3.05, 3.63) is 65.7 Å². The molecule has 3 rings (SSSR count). The average molecular weight is 322 g/mol. The molecule has 1 aliphatic heterocycles. The summed E-state index contributed by atoms with van der Waals surface area (Å²) in [5.74, 6) is 0.110. The molecule has 126 valence electrons. The standard InChI is InChI=1S/C21H26N2O/c1-16(12-13-18-8-4-3-5-9-18)22-21(24)15-23-17(2)14-19-10-6-7-11-20(19)23/h3-11,16-17H,12-15H2,1-2H3,(H,22,24)/t16-,17-/m0/s1. The molecular formula is C21H26N2O.